The van der Waals surface area contributed by atoms with Gasteiger partial charge in [0.25, 0.3) is 11.6 Å². The van der Waals surface area contributed by atoms with Gasteiger partial charge in [-0.15, -0.1) is 0 Å². The minimum Gasteiger partial charge on any atom is -0.267 e. The molecule has 0 bridgehead atoms. The first-order valence-electron chi connectivity index (χ1n) is 10.0. The first kappa shape index (κ1) is 21.1. The second-order valence-electron chi connectivity index (χ2n) is 7.04. The zero-order valence-electron chi connectivity index (χ0n) is 16.9. The molecule has 0 radical (unpaired) electrons. The molecule has 7 nitrogen and oxygen atoms in total. The quantitative estimate of drug-likeness (QED) is 0.234. The molecule has 3 rings (SSSR count). The van der Waals surface area contributed by atoms with Crippen molar-refractivity contribution in [3.63, 3.8) is 0 Å². The Morgan fingerprint density at radius 3 is 2.77 bits per heavy atom. The monoisotopic (exact) mass is 404 g/mol. The zero-order valence-corrected chi connectivity index (χ0v) is 16.9. The molecule has 30 heavy (non-hydrogen) atoms. The van der Waals surface area contributed by atoms with E-state index in [-0.39, 0.29) is 11.6 Å². The number of carbonyl (C=O) groups is 1. The largest absolute Gasteiger partial charge is 0.272 e. The number of carbonyl (C=O) groups excluding carboxylic acids is 1. The molecule has 0 unspecified atom stereocenters. The third-order valence-corrected chi connectivity index (χ3v) is 4.76. The molecule has 0 spiro atoms. The molecule has 1 amide bonds. The van der Waals surface area contributed by atoms with E-state index in [4.69, 9.17) is 0 Å². The fraction of sp³-hybridized carbons (Fsp3) is 0.261. The Morgan fingerprint density at radius 1 is 1.13 bits per heavy atom. The maximum absolute atomic E-state index is 12.8. The zero-order chi connectivity index (χ0) is 21.3. The number of hydrazone groups is 1. The maximum Gasteiger partial charge on any atom is 0.272 e. The highest BCUT2D eigenvalue weighted by Crippen LogP contribution is 2.20. The Kier molecular flexibility index (Phi) is 7.21. The molecule has 3 aromatic rings. The van der Waals surface area contributed by atoms with E-state index in [1.165, 1.54) is 31.2 Å². The van der Waals surface area contributed by atoms with Gasteiger partial charge in [-0.2, -0.15) is 5.10 Å². The number of hydrogen-bond acceptors (Lipinski definition) is 5. The van der Waals surface area contributed by atoms with Crippen molar-refractivity contribution < 1.29 is 9.72 Å². The number of pyridine rings is 1. The molecule has 0 saturated carbocycles. The van der Waals surface area contributed by atoms with Gasteiger partial charge in [-0.3, -0.25) is 19.9 Å². The first-order valence-corrected chi connectivity index (χ1v) is 10.0. The number of benzene rings is 2. The number of hydrogen-bond donors (Lipinski definition) is 1. The van der Waals surface area contributed by atoms with Gasteiger partial charge in [-0.05, 0) is 25.0 Å². The van der Waals surface area contributed by atoms with Crippen LogP contribution in [0.1, 0.15) is 54.2 Å². The van der Waals surface area contributed by atoms with Crippen molar-refractivity contribution in [2.24, 2.45) is 5.10 Å². The topological polar surface area (TPSA) is 97.5 Å². The van der Waals surface area contributed by atoms with Crippen molar-refractivity contribution in [2.45, 2.75) is 39.0 Å². The van der Waals surface area contributed by atoms with Crippen LogP contribution in [-0.4, -0.2) is 22.0 Å². The van der Waals surface area contributed by atoms with Gasteiger partial charge in [0, 0.05) is 28.8 Å². The van der Waals surface area contributed by atoms with Gasteiger partial charge in [0.15, 0.2) is 0 Å². The molecule has 1 heterocycles. The summed E-state index contributed by atoms with van der Waals surface area (Å²) in [4.78, 5) is 27.9. The molecule has 1 N–H and O–H groups in total. The fourth-order valence-corrected chi connectivity index (χ4v) is 3.22. The second kappa shape index (κ2) is 10.2. The molecule has 2 aromatic carbocycles. The number of nitro benzene ring substituents is 1. The normalized spacial score (nSPS) is 11.1. The van der Waals surface area contributed by atoms with E-state index in [0.29, 0.717) is 11.1 Å². The second-order valence-corrected chi connectivity index (χ2v) is 7.04. The summed E-state index contributed by atoms with van der Waals surface area (Å²) in [6.45, 7) is 2.17. The smallest absolute Gasteiger partial charge is 0.267 e. The van der Waals surface area contributed by atoms with Gasteiger partial charge in [0.1, 0.15) is 0 Å². The summed E-state index contributed by atoms with van der Waals surface area (Å²) in [5, 5.41) is 15.6. The number of nitrogens with zero attached hydrogens (tertiary/aromatic N) is 3. The van der Waals surface area contributed by atoms with Crippen molar-refractivity contribution in [1.82, 2.24) is 10.4 Å². The molecule has 1 aromatic heterocycles. The lowest BCUT2D eigenvalue weighted by atomic mass is 10.0. The lowest BCUT2D eigenvalue weighted by molar-refractivity contribution is -0.384. The van der Waals surface area contributed by atoms with Crippen molar-refractivity contribution in [2.75, 3.05) is 0 Å². The van der Waals surface area contributed by atoms with Gasteiger partial charge in [0.2, 0.25) is 0 Å². The number of unbranched alkanes of at least 4 members (excludes halogenated alkanes) is 3. The Labute approximate surface area is 175 Å². The number of fused-ring (bicyclic) bond motifs is 1. The number of para-hydroxylation sites is 1. The van der Waals surface area contributed by atoms with E-state index in [0.717, 1.165) is 35.9 Å². The van der Waals surface area contributed by atoms with Crippen LogP contribution < -0.4 is 5.43 Å². The number of amides is 1. The van der Waals surface area contributed by atoms with Crippen LogP contribution in [0.15, 0.2) is 59.7 Å². The molecule has 7 heteroatoms. The highest BCUT2D eigenvalue weighted by Gasteiger charge is 2.12. The Hall–Kier alpha value is -3.61. The van der Waals surface area contributed by atoms with Gasteiger partial charge >= 0.3 is 0 Å². The number of non-ortho nitro benzene ring substituents is 1. The number of rotatable bonds is 9. The summed E-state index contributed by atoms with van der Waals surface area (Å²) in [6.07, 6.45) is 6.74. The van der Waals surface area contributed by atoms with Crippen LogP contribution >= 0.6 is 0 Å². The first-order chi connectivity index (χ1) is 14.6. The molecule has 0 aliphatic rings. The number of aryl methyl sites for hydroxylation is 1. The van der Waals surface area contributed by atoms with Gasteiger partial charge in [-0.1, -0.05) is 56.5 Å². The van der Waals surface area contributed by atoms with Crippen molar-refractivity contribution in [3.8, 4) is 0 Å². The third-order valence-electron chi connectivity index (χ3n) is 4.76. The molecule has 0 fully saturated rings. The summed E-state index contributed by atoms with van der Waals surface area (Å²) < 4.78 is 0. The molecular formula is C23H24N4O3. The van der Waals surface area contributed by atoms with Gasteiger partial charge in [-0.25, -0.2) is 5.43 Å². The third kappa shape index (κ3) is 5.47. The summed E-state index contributed by atoms with van der Waals surface area (Å²) in [5.41, 5.74) is 5.20. The summed E-state index contributed by atoms with van der Waals surface area (Å²) in [6, 6.07) is 15.4. The SMILES string of the molecule is CCCCCCc1cc(C(=O)N/N=C\c2cccc([N+](=O)[O-])c2)c2ccccc2n1. The maximum atomic E-state index is 12.8. The summed E-state index contributed by atoms with van der Waals surface area (Å²) in [5.74, 6) is -0.343. The molecule has 154 valence electrons. The van der Waals surface area contributed by atoms with Crippen LogP contribution in [0.4, 0.5) is 5.69 Å². The van der Waals surface area contributed by atoms with E-state index in [1.807, 2.05) is 30.3 Å². The Bertz CT molecular complexity index is 1080. The van der Waals surface area contributed by atoms with E-state index in [2.05, 4.69) is 22.4 Å². The van der Waals surface area contributed by atoms with Gasteiger partial charge in [0.05, 0.1) is 22.2 Å². The molecule has 0 saturated heterocycles. The summed E-state index contributed by atoms with van der Waals surface area (Å²) >= 11 is 0. The van der Waals surface area contributed by atoms with Crippen LogP contribution in [0.3, 0.4) is 0 Å². The standard InChI is InChI=1S/C23H24N4O3/c1-2-3-4-5-10-18-15-21(20-12-6-7-13-22(20)25-18)23(28)26-24-16-17-9-8-11-19(14-17)27(29)30/h6-9,11-16H,2-5,10H2,1H3,(H,26,28)/b24-16-. The molecule has 0 aliphatic heterocycles. The average Bonchev–Trinajstić information content (AvgIpc) is 2.76. The van der Waals surface area contributed by atoms with Crippen LogP contribution in [0, 0.1) is 10.1 Å². The van der Waals surface area contributed by atoms with Crippen LogP contribution in [0.25, 0.3) is 10.9 Å². The van der Waals surface area contributed by atoms with E-state index in [9.17, 15) is 14.9 Å². The predicted molar refractivity (Wildman–Crippen MR) is 118 cm³/mol. The van der Waals surface area contributed by atoms with Crippen LogP contribution in [0.2, 0.25) is 0 Å². The number of nitrogens with one attached hydrogen (secondary N) is 1. The number of nitro groups is 1. The van der Waals surface area contributed by atoms with Crippen LogP contribution in [0.5, 0.6) is 0 Å². The minimum absolute atomic E-state index is 0.0295. The van der Waals surface area contributed by atoms with E-state index < -0.39 is 4.92 Å². The molecular weight excluding hydrogens is 380 g/mol. The molecule has 0 atom stereocenters. The van der Waals surface area contributed by atoms with E-state index in [1.54, 1.807) is 12.1 Å². The van der Waals surface area contributed by atoms with Crippen molar-refractivity contribution >= 4 is 28.7 Å². The molecule has 0 aliphatic carbocycles. The van der Waals surface area contributed by atoms with Gasteiger partial charge < -0.3 is 0 Å². The Morgan fingerprint density at radius 2 is 1.97 bits per heavy atom. The number of aromatic nitrogens is 1. The highest BCUT2D eigenvalue weighted by atomic mass is 16.6. The lowest BCUT2D eigenvalue weighted by Crippen LogP contribution is -2.18. The lowest BCUT2D eigenvalue weighted by Gasteiger charge is -2.09. The predicted octanol–water partition coefficient (Wildman–Crippen LogP) is 5.03. The van der Waals surface area contributed by atoms with Crippen molar-refractivity contribution in [1.29, 1.82) is 0 Å². The summed E-state index contributed by atoms with van der Waals surface area (Å²) in [7, 11) is 0. The average molecular weight is 404 g/mol. The van der Waals surface area contributed by atoms with Crippen LogP contribution in [-0.2, 0) is 6.42 Å². The minimum atomic E-state index is -0.471. The van der Waals surface area contributed by atoms with Crippen molar-refractivity contribution in [3.05, 3.63) is 81.5 Å². The fourth-order valence-electron chi connectivity index (χ4n) is 3.22. The Balaban J connectivity index is 1.78. The highest BCUT2D eigenvalue weighted by molar-refractivity contribution is 6.06. The van der Waals surface area contributed by atoms with E-state index >= 15 is 0 Å².